The average Bonchev–Trinajstić information content (AvgIpc) is 3.40. The van der Waals surface area contributed by atoms with Gasteiger partial charge in [-0.25, -0.2) is 8.42 Å². The van der Waals surface area contributed by atoms with E-state index in [1.54, 1.807) is 47.3 Å². The zero-order chi connectivity index (χ0) is 29.0. The molecule has 0 saturated carbocycles. The Morgan fingerprint density at radius 3 is 2.58 bits per heavy atom. The van der Waals surface area contributed by atoms with Crippen LogP contribution in [-0.2, 0) is 20.4 Å². The summed E-state index contributed by atoms with van der Waals surface area (Å²) in [4.78, 5) is 28.2. The first-order valence-electron chi connectivity index (χ1n) is 13.2. The molecule has 2 heterocycles. The van der Waals surface area contributed by atoms with Gasteiger partial charge in [0.1, 0.15) is 0 Å². The number of anilines is 1. The monoisotopic (exact) mass is 559 g/mol. The highest BCUT2D eigenvalue weighted by molar-refractivity contribution is 7.90. The fraction of sp³-hybridized carbons (Fsp3) is 0.300. The topological polar surface area (TPSA) is 124 Å². The predicted molar refractivity (Wildman–Crippen MR) is 155 cm³/mol. The maximum atomic E-state index is 13.3. The Hall–Kier alpha value is -4.20. The quantitative estimate of drug-likeness (QED) is 0.362. The van der Waals surface area contributed by atoms with Crippen LogP contribution in [0.3, 0.4) is 0 Å². The number of carbonyl (C=O) groups is 2. The van der Waals surface area contributed by atoms with Crippen molar-refractivity contribution in [1.29, 1.82) is 5.26 Å². The van der Waals surface area contributed by atoms with Gasteiger partial charge >= 0.3 is 0 Å². The number of likely N-dealkylation sites (N-methyl/N-ethyl adjacent to an activating group) is 1. The van der Waals surface area contributed by atoms with E-state index in [9.17, 15) is 23.3 Å². The van der Waals surface area contributed by atoms with Gasteiger partial charge < -0.3 is 20.1 Å². The SMILES string of the molecule is CCN(CC)CCNC(=O)c1c(C)cn(/C=C2\C(=O)Nc3ccc(S(=O)(=O)Cc4ccccc4C#N)cc32)c1C. The molecule has 1 aliphatic heterocycles. The largest absolute Gasteiger partial charge is 0.351 e. The molecular formula is C30H33N5O4S. The average molecular weight is 560 g/mol. The van der Waals surface area contributed by atoms with E-state index < -0.39 is 9.84 Å². The molecule has 3 aromatic rings. The third-order valence-corrected chi connectivity index (χ3v) is 8.86. The van der Waals surface area contributed by atoms with Crippen LogP contribution in [0.5, 0.6) is 0 Å². The molecule has 2 N–H and O–H groups in total. The number of amides is 2. The van der Waals surface area contributed by atoms with E-state index in [4.69, 9.17) is 0 Å². The van der Waals surface area contributed by atoms with Crippen molar-refractivity contribution in [2.45, 2.75) is 38.3 Å². The Labute approximate surface area is 235 Å². The van der Waals surface area contributed by atoms with Gasteiger partial charge in [-0.3, -0.25) is 9.59 Å². The molecule has 1 aliphatic rings. The fourth-order valence-electron chi connectivity index (χ4n) is 4.89. The summed E-state index contributed by atoms with van der Waals surface area (Å²) in [7, 11) is -3.80. The second-order valence-corrected chi connectivity index (χ2v) is 11.7. The standard InChI is InChI=1S/C30H33N5O4S/c1-5-34(6-2)14-13-32-30(37)28-20(3)17-35(21(28)4)18-26-25-15-24(11-12-27(25)33-29(26)36)40(38,39)19-23-10-8-7-9-22(23)16-31/h7-12,15,17-18H,5-6,13-14,19H2,1-4H3,(H,32,37)(H,33,36)/b26-18-. The first-order valence-corrected chi connectivity index (χ1v) is 14.8. The van der Waals surface area contributed by atoms with Gasteiger partial charge in [0.25, 0.3) is 11.8 Å². The number of fused-ring (bicyclic) bond motifs is 1. The molecule has 4 rings (SSSR count). The van der Waals surface area contributed by atoms with Crippen molar-refractivity contribution < 1.29 is 18.0 Å². The molecule has 0 fully saturated rings. The van der Waals surface area contributed by atoms with Crippen molar-refractivity contribution in [1.82, 2.24) is 14.8 Å². The molecule has 2 aromatic carbocycles. The molecule has 10 heteroatoms. The van der Waals surface area contributed by atoms with Crippen molar-refractivity contribution in [3.05, 3.63) is 82.2 Å². The number of hydrogen-bond donors (Lipinski definition) is 2. The summed E-state index contributed by atoms with van der Waals surface area (Å²) in [5, 5.41) is 15.1. The number of rotatable bonds is 10. The number of sulfone groups is 1. The van der Waals surface area contributed by atoms with Crippen LogP contribution in [0, 0.1) is 25.2 Å². The van der Waals surface area contributed by atoms with Gasteiger partial charge in [0.15, 0.2) is 9.84 Å². The molecule has 0 radical (unpaired) electrons. The van der Waals surface area contributed by atoms with Crippen LogP contribution < -0.4 is 10.6 Å². The molecule has 40 heavy (non-hydrogen) atoms. The van der Waals surface area contributed by atoms with E-state index in [1.807, 2.05) is 19.9 Å². The summed E-state index contributed by atoms with van der Waals surface area (Å²) < 4.78 is 28.3. The Bertz CT molecular complexity index is 1640. The van der Waals surface area contributed by atoms with E-state index in [-0.39, 0.29) is 28.0 Å². The Balaban J connectivity index is 1.62. The van der Waals surface area contributed by atoms with Gasteiger partial charge in [-0.1, -0.05) is 32.0 Å². The lowest BCUT2D eigenvalue weighted by Gasteiger charge is -2.18. The molecule has 2 amide bonds. The minimum atomic E-state index is -3.80. The lowest BCUT2D eigenvalue weighted by Crippen LogP contribution is -2.35. The molecule has 1 aromatic heterocycles. The second kappa shape index (κ2) is 11.9. The van der Waals surface area contributed by atoms with Crippen LogP contribution in [0.1, 0.15) is 52.2 Å². The lowest BCUT2D eigenvalue weighted by molar-refractivity contribution is -0.110. The smallest absolute Gasteiger partial charge is 0.257 e. The van der Waals surface area contributed by atoms with Crippen LogP contribution >= 0.6 is 0 Å². The van der Waals surface area contributed by atoms with E-state index in [1.165, 1.54) is 12.1 Å². The van der Waals surface area contributed by atoms with Crippen LogP contribution in [0.2, 0.25) is 0 Å². The van der Waals surface area contributed by atoms with Gasteiger partial charge in [0.05, 0.1) is 33.4 Å². The van der Waals surface area contributed by atoms with E-state index in [2.05, 4.69) is 29.4 Å². The van der Waals surface area contributed by atoms with Crippen LogP contribution in [0.15, 0.2) is 53.6 Å². The highest BCUT2D eigenvalue weighted by Crippen LogP contribution is 2.35. The van der Waals surface area contributed by atoms with Gasteiger partial charge in [0.2, 0.25) is 0 Å². The van der Waals surface area contributed by atoms with E-state index in [0.29, 0.717) is 40.2 Å². The molecule has 0 saturated heterocycles. The molecular weight excluding hydrogens is 526 g/mol. The number of nitriles is 1. The highest BCUT2D eigenvalue weighted by Gasteiger charge is 2.28. The van der Waals surface area contributed by atoms with Gasteiger partial charge in [-0.2, -0.15) is 5.26 Å². The number of carbonyl (C=O) groups excluding carboxylic acids is 2. The first kappa shape index (κ1) is 28.8. The fourth-order valence-corrected chi connectivity index (χ4v) is 6.29. The molecule has 208 valence electrons. The van der Waals surface area contributed by atoms with Gasteiger partial charge in [-0.05, 0) is 62.3 Å². The Kier molecular flexibility index (Phi) is 8.57. The van der Waals surface area contributed by atoms with Crippen LogP contribution in [-0.4, -0.2) is 55.9 Å². The number of hydrogen-bond acceptors (Lipinski definition) is 6. The van der Waals surface area contributed by atoms with Crippen LogP contribution in [0.25, 0.3) is 11.8 Å². The zero-order valence-electron chi connectivity index (χ0n) is 23.1. The minimum Gasteiger partial charge on any atom is -0.351 e. The number of nitrogens with zero attached hydrogens (tertiary/aromatic N) is 3. The van der Waals surface area contributed by atoms with Crippen LogP contribution in [0.4, 0.5) is 5.69 Å². The third-order valence-electron chi connectivity index (χ3n) is 7.20. The van der Waals surface area contributed by atoms with E-state index in [0.717, 1.165) is 25.2 Å². The van der Waals surface area contributed by atoms with Crippen molar-refractivity contribution in [3.63, 3.8) is 0 Å². The first-order chi connectivity index (χ1) is 19.1. The highest BCUT2D eigenvalue weighted by atomic mass is 32.2. The maximum Gasteiger partial charge on any atom is 0.257 e. The summed E-state index contributed by atoms with van der Waals surface area (Å²) >= 11 is 0. The number of benzene rings is 2. The van der Waals surface area contributed by atoms with Gasteiger partial charge in [-0.15, -0.1) is 0 Å². The summed E-state index contributed by atoms with van der Waals surface area (Å²) in [5.74, 6) is -0.879. The summed E-state index contributed by atoms with van der Waals surface area (Å²) in [6.45, 7) is 10.9. The predicted octanol–water partition coefficient (Wildman–Crippen LogP) is 3.97. The lowest BCUT2D eigenvalue weighted by atomic mass is 10.1. The third kappa shape index (κ3) is 5.86. The molecule has 0 bridgehead atoms. The molecule has 9 nitrogen and oxygen atoms in total. The molecule has 0 aliphatic carbocycles. The number of nitrogens with one attached hydrogen (secondary N) is 2. The van der Waals surface area contributed by atoms with Crippen molar-refractivity contribution in [2.24, 2.45) is 0 Å². The minimum absolute atomic E-state index is 0.0510. The van der Waals surface area contributed by atoms with Crippen molar-refractivity contribution >= 4 is 39.1 Å². The van der Waals surface area contributed by atoms with E-state index >= 15 is 0 Å². The van der Waals surface area contributed by atoms with Crippen molar-refractivity contribution in [2.75, 3.05) is 31.5 Å². The Morgan fingerprint density at radius 1 is 1.15 bits per heavy atom. The normalized spacial score (nSPS) is 13.8. The zero-order valence-corrected chi connectivity index (χ0v) is 23.9. The summed E-state index contributed by atoms with van der Waals surface area (Å²) in [5.41, 5.74) is 3.94. The van der Waals surface area contributed by atoms with Gasteiger partial charge in [0, 0.05) is 42.4 Å². The number of aryl methyl sites for hydroxylation is 1. The maximum absolute atomic E-state index is 13.3. The molecule has 0 atom stereocenters. The summed E-state index contributed by atoms with van der Waals surface area (Å²) in [6, 6.07) is 13.1. The van der Waals surface area contributed by atoms with Crippen molar-refractivity contribution in [3.8, 4) is 6.07 Å². The Morgan fingerprint density at radius 2 is 1.88 bits per heavy atom. The summed E-state index contributed by atoms with van der Waals surface area (Å²) in [6.07, 6.45) is 3.41. The second-order valence-electron chi connectivity index (χ2n) is 9.69. The molecule has 0 unspecified atom stereocenters. The molecule has 0 spiro atoms. The number of aromatic nitrogens is 1.